The Morgan fingerprint density at radius 3 is 2.86 bits per heavy atom. The third kappa shape index (κ3) is 3.80. The van der Waals surface area contributed by atoms with E-state index in [9.17, 15) is 0 Å². The normalized spacial score (nSPS) is 10.8. The van der Waals surface area contributed by atoms with Crippen LogP contribution in [0.3, 0.4) is 0 Å². The number of rotatable bonds is 7. The molecule has 22 heavy (non-hydrogen) atoms. The number of aromatic nitrogens is 6. The SMILES string of the molecule is CCCn1nnnc1CSc1nnc(Nc2ccccc2)s1. The molecule has 0 atom stereocenters. The number of hydrogen-bond acceptors (Lipinski definition) is 8. The Morgan fingerprint density at radius 1 is 1.18 bits per heavy atom. The molecule has 0 saturated carbocycles. The van der Waals surface area contributed by atoms with Crippen molar-refractivity contribution in [3.8, 4) is 0 Å². The minimum Gasteiger partial charge on any atom is -0.330 e. The minimum atomic E-state index is 0.687. The molecular formula is C13H15N7S2. The van der Waals surface area contributed by atoms with Crippen LogP contribution in [0.1, 0.15) is 19.2 Å². The second kappa shape index (κ2) is 7.32. The first-order valence-electron chi connectivity index (χ1n) is 6.88. The van der Waals surface area contributed by atoms with Crippen LogP contribution >= 0.6 is 23.1 Å². The van der Waals surface area contributed by atoms with Crippen LogP contribution in [0.25, 0.3) is 0 Å². The van der Waals surface area contributed by atoms with Gasteiger partial charge in [0.15, 0.2) is 10.2 Å². The fourth-order valence-corrected chi connectivity index (χ4v) is 3.51. The second-order valence-electron chi connectivity index (χ2n) is 4.47. The molecule has 2 aromatic heterocycles. The van der Waals surface area contributed by atoms with Gasteiger partial charge in [0, 0.05) is 12.2 Å². The van der Waals surface area contributed by atoms with E-state index in [0.29, 0.717) is 5.75 Å². The molecule has 0 fully saturated rings. The van der Waals surface area contributed by atoms with Crippen LogP contribution in [0.15, 0.2) is 34.7 Å². The number of tetrazole rings is 1. The monoisotopic (exact) mass is 333 g/mol. The van der Waals surface area contributed by atoms with Crippen LogP contribution < -0.4 is 5.32 Å². The van der Waals surface area contributed by atoms with E-state index in [2.05, 4.69) is 38.0 Å². The van der Waals surface area contributed by atoms with Gasteiger partial charge in [-0.05, 0) is 29.0 Å². The van der Waals surface area contributed by atoms with Crippen LogP contribution in [-0.2, 0) is 12.3 Å². The lowest BCUT2D eigenvalue weighted by Crippen LogP contribution is -2.04. The molecule has 0 aliphatic carbocycles. The van der Waals surface area contributed by atoms with Crippen molar-refractivity contribution in [2.24, 2.45) is 0 Å². The van der Waals surface area contributed by atoms with Crippen LogP contribution in [0.5, 0.6) is 0 Å². The maximum Gasteiger partial charge on any atom is 0.210 e. The van der Waals surface area contributed by atoms with E-state index >= 15 is 0 Å². The number of para-hydroxylation sites is 1. The molecular weight excluding hydrogens is 318 g/mol. The number of benzene rings is 1. The van der Waals surface area contributed by atoms with Gasteiger partial charge in [-0.2, -0.15) is 0 Å². The lowest BCUT2D eigenvalue weighted by molar-refractivity contribution is 0.564. The Labute approximate surface area is 136 Å². The number of anilines is 2. The zero-order valence-electron chi connectivity index (χ0n) is 12.0. The summed E-state index contributed by atoms with van der Waals surface area (Å²) < 4.78 is 2.72. The predicted molar refractivity (Wildman–Crippen MR) is 87.3 cm³/mol. The molecule has 0 spiro atoms. The van der Waals surface area contributed by atoms with Crippen LogP contribution in [0, 0.1) is 0 Å². The van der Waals surface area contributed by atoms with Crippen molar-refractivity contribution in [3.63, 3.8) is 0 Å². The Bertz CT molecular complexity index is 710. The summed E-state index contributed by atoms with van der Waals surface area (Å²) in [7, 11) is 0. The standard InChI is InChI=1S/C13H15N7S2/c1-2-8-20-11(15-18-19-20)9-21-13-17-16-12(22-13)14-10-6-4-3-5-7-10/h3-7H,2,8-9H2,1H3,(H,14,16). The van der Waals surface area contributed by atoms with Gasteiger partial charge in [-0.25, -0.2) is 4.68 Å². The molecule has 114 valence electrons. The van der Waals surface area contributed by atoms with E-state index in [4.69, 9.17) is 0 Å². The van der Waals surface area contributed by atoms with Gasteiger partial charge in [0.05, 0.1) is 5.75 Å². The van der Waals surface area contributed by atoms with Gasteiger partial charge in [-0.1, -0.05) is 48.2 Å². The van der Waals surface area contributed by atoms with E-state index < -0.39 is 0 Å². The molecule has 0 radical (unpaired) electrons. The smallest absolute Gasteiger partial charge is 0.210 e. The number of nitrogens with one attached hydrogen (secondary N) is 1. The van der Waals surface area contributed by atoms with Crippen molar-refractivity contribution in [3.05, 3.63) is 36.2 Å². The highest BCUT2D eigenvalue weighted by Crippen LogP contribution is 2.29. The zero-order valence-corrected chi connectivity index (χ0v) is 13.6. The summed E-state index contributed by atoms with van der Waals surface area (Å²) in [6.45, 7) is 2.94. The Morgan fingerprint density at radius 2 is 2.05 bits per heavy atom. The van der Waals surface area contributed by atoms with Gasteiger partial charge < -0.3 is 5.32 Å². The van der Waals surface area contributed by atoms with E-state index in [-0.39, 0.29) is 0 Å². The zero-order chi connectivity index (χ0) is 15.2. The Kier molecular flexibility index (Phi) is 4.96. The van der Waals surface area contributed by atoms with Gasteiger partial charge in [-0.3, -0.25) is 0 Å². The lowest BCUT2D eigenvalue weighted by Gasteiger charge is -2.00. The molecule has 0 amide bonds. The van der Waals surface area contributed by atoms with Crippen molar-refractivity contribution in [1.29, 1.82) is 0 Å². The average molecular weight is 333 g/mol. The van der Waals surface area contributed by atoms with Crippen molar-refractivity contribution in [1.82, 2.24) is 30.4 Å². The Hall–Kier alpha value is -2.00. The molecule has 3 rings (SSSR count). The third-order valence-corrected chi connectivity index (χ3v) is 4.77. The number of nitrogens with zero attached hydrogens (tertiary/aromatic N) is 6. The molecule has 1 aromatic carbocycles. The first-order valence-corrected chi connectivity index (χ1v) is 8.69. The van der Waals surface area contributed by atoms with Crippen molar-refractivity contribution < 1.29 is 0 Å². The second-order valence-corrected chi connectivity index (χ2v) is 6.67. The van der Waals surface area contributed by atoms with Gasteiger partial charge in [-0.15, -0.1) is 15.3 Å². The van der Waals surface area contributed by atoms with Gasteiger partial charge in [0.25, 0.3) is 0 Å². The van der Waals surface area contributed by atoms with Crippen molar-refractivity contribution in [2.75, 3.05) is 5.32 Å². The topological polar surface area (TPSA) is 81.4 Å². The third-order valence-electron chi connectivity index (χ3n) is 2.80. The highest BCUT2D eigenvalue weighted by Gasteiger charge is 2.09. The van der Waals surface area contributed by atoms with E-state index in [1.54, 1.807) is 11.8 Å². The molecule has 0 saturated heterocycles. The number of aryl methyl sites for hydroxylation is 1. The average Bonchev–Trinajstić information content (AvgIpc) is 3.16. The summed E-state index contributed by atoms with van der Waals surface area (Å²) in [4.78, 5) is 0. The van der Waals surface area contributed by atoms with Crippen LogP contribution in [0.2, 0.25) is 0 Å². The van der Waals surface area contributed by atoms with Gasteiger partial charge >= 0.3 is 0 Å². The lowest BCUT2D eigenvalue weighted by atomic mass is 10.3. The molecule has 0 unspecified atom stereocenters. The molecule has 2 heterocycles. The molecule has 0 aliphatic rings. The van der Waals surface area contributed by atoms with E-state index in [0.717, 1.165) is 33.9 Å². The summed E-state index contributed by atoms with van der Waals surface area (Å²) in [6.07, 6.45) is 1.01. The first kappa shape index (κ1) is 14.9. The quantitative estimate of drug-likeness (QED) is 0.666. The fourth-order valence-electron chi connectivity index (χ4n) is 1.80. The van der Waals surface area contributed by atoms with Crippen LogP contribution in [-0.4, -0.2) is 30.4 Å². The summed E-state index contributed by atoms with van der Waals surface area (Å²) in [6, 6.07) is 9.92. The maximum absolute atomic E-state index is 4.18. The highest BCUT2D eigenvalue weighted by atomic mass is 32.2. The molecule has 1 N–H and O–H groups in total. The molecule has 3 aromatic rings. The van der Waals surface area contributed by atoms with Crippen LogP contribution in [0.4, 0.5) is 10.8 Å². The number of thioether (sulfide) groups is 1. The minimum absolute atomic E-state index is 0.687. The fraction of sp³-hybridized carbons (Fsp3) is 0.308. The van der Waals surface area contributed by atoms with E-state index in [1.165, 1.54) is 11.3 Å². The van der Waals surface area contributed by atoms with Gasteiger partial charge in [0.2, 0.25) is 5.13 Å². The summed E-state index contributed by atoms with van der Waals surface area (Å²) >= 11 is 3.11. The number of hydrogen-bond donors (Lipinski definition) is 1. The summed E-state index contributed by atoms with van der Waals surface area (Å²) in [5.74, 6) is 1.55. The predicted octanol–water partition coefficient (Wildman–Crippen LogP) is 2.97. The highest BCUT2D eigenvalue weighted by molar-refractivity contribution is 8.00. The largest absolute Gasteiger partial charge is 0.330 e. The first-order chi connectivity index (χ1) is 10.8. The molecule has 7 nitrogen and oxygen atoms in total. The molecule has 9 heteroatoms. The van der Waals surface area contributed by atoms with E-state index in [1.807, 2.05) is 35.0 Å². The molecule has 0 bridgehead atoms. The van der Waals surface area contributed by atoms with Gasteiger partial charge in [0.1, 0.15) is 0 Å². The molecule has 0 aliphatic heterocycles. The van der Waals surface area contributed by atoms with Crippen molar-refractivity contribution >= 4 is 33.9 Å². The Balaban J connectivity index is 1.59. The summed E-state index contributed by atoms with van der Waals surface area (Å²) in [5, 5.41) is 24.1. The maximum atomic E-state index is 4.18. The van der Waals surface area contributed by atoms with Crippen molar-refractivity contribution in [2.45, 2.75) is 30.0 Å². The summed E-state index contributed by atoms with van der Waals surface area (Å²) in [5.41, 5.74) is 1.00.